The Balaban J connectivity index is 1.63. The minimum Gasteiger partial charge on any atom is -0.391 e. The van der Waals surface area contributed by atoms with Crippen LogP contribution in [0.15, 0.2) is 30.3 Å². The van der Waals surface area contributed by atoms with Gasteiger partial charge in [-0.3, -0.25) is 14.6 Å². The van der Waals surface area contributed by atoms with Crippen LogP contribution in [0.3, 0.4) is 0 Å². The van der Waals surface area contributed by atoms with E-state index in [0.717, 1.165) is 51.0 Å². The largest absolute Gasteiger partial charge is 0.391 e. The number of nitrogens with zero attached hydrogens (tertiary/aromatic N) is 3. The van der Waals surface area contributed by atoms with Gasteiger partial charge < -0.3 is 10.0 Å². The second kappa shape index (κ2) is 7.64. The zero-order chi connectivity index (χ0) is 17.1. The molecule has 2 fully saturated rings. The quantitative estimate of drug-likeness (QED) is 0.905. The van der Waals surface area contributed by atoms with Gasteiger partial charge in [-0.15, -0.1) is 0 Å². The first-order chi connectivity index (χ1) is 11.6. The molecule has 0 aromatic heterocycles. The van der Waals surface area contributed by atoms with Gasteiger partial charge >= 0.3 is 0 Å². The van der Waals surface area contributed by atoms with Gasteiger partial charge in [-0.05, 0) is 38.9 Å². The van der Waals surface area contributed by atoms with Crippen molar-refractivity contribution in [1.82, 2.24) is 14.7 Å². The maximum atomic E-state index is 13.0. The lowest BCUT2D eigenvalue weighted by Crippen LogP contribution is -2.55. The zero-order valence-corrected chi connectivity index (χ0v) is 14.8. The number of likely N-dealkylation sites (N-methyl/N-ethyl adjacent to an activating group) is 1. The van der Waals surface area contributed by atoms with Gasteiger partial charge in [-0.1, -0.05) is 30.3 Å². The summed E-state index contributed by atoms with van der Waals surface area (Å²) < 4.78 is 0. The highest BCUT2D eigenvalue weighted by Gasteiger charge is 2.35. The van der Waals surface area contributed by atoms with Crippen LogP contribution in [0.5, 0.6) is 0 Å². The average Bonchev–Trinajstić information content (AvgIpc) is 3.02. The fraction of sp³-hybridized carbons (Fsp3) is 0.632. The molecule has 3 rings (SSSR count). The molecule has 1 amide bonds. The Hall–Kier alpha value is -1.43. The van der Waals surface area contributed by atoms with Crippen molar-refractivity contribution in [1.29, 1.82) is 0 Å². The molecular weight excluding hydrogens is 302 g/mol. The van der Waals surface area contributed by atoms with Crippen molar-refractivity contribution >= 4 is 5.91 Å². The molecule has 1 heterocycles. The van der Waals surface area contributed by atoms with Gasteiger partial charge in [0.25, 0.3) is 0 Å². The standard InChI is InChI=1S/C19H29N3O2/c1-20(2)18(15-7-4-3-5-8-15)19(24)22-13-11-21(12-14-22)16-9-6-10-17(16)23/h3-5,7-8,16-18,23H,6,9-14H2,1-2H3/t16-,17-,18+/m1/s1. The van der Waals surface area contributed by atoms with E-state index >= 15 is 0 Å². The molecule has 1 saturated carbocycles. The number of amides is 1. The molecule has 132 valence electrons. The predicted octanol–water partition coefficient (Wildman–Crippen LogP) is 1.35. The molecule has 0 spiro atoms. The molecule has 3 atom stereocenters. The Morgan fingerprint density at radius 1 is 1.12 bits per heavy atom. The first-order valence-electron chi connectivity index (χ1n) is 9.00. The molecule has 1 aliphatic carbocycles. The van der Waals surface area contributed by atoms with Gasteiger partial charge in [0, 0.05) is 32.2 Å². The van der Waals surface area contributed by atoms with Crippen molar-refractivity contribution < 1.29 is 9.90 Å². The van der Waals surface area contributed by atoms with E-state index in [1.807, 2.05) is 54.2 Å². The Kier molecular flexibility index (Phi) is 5.54. The van der Waals surface area contributed by atoms with Crippen LogP contribution in [0.2, 0.25) is 0 Å². The summed E-state index contributed by atoms with van der Waals surface area (Å²) in [5.74, 6) is 0.179. The molecule has 0 radical (unpaired) electrons. The van der Waals surface area contributed by atoms with E-state index in [0.29, 0.717) is 6.04 Å². The summed E-state index contributed by atoms with van der Waals surface area (Å²) in [6, 6.07) is 10.1. The molecule has 1 aromatic rings. The highest BCUT2D eigenvalue weighted by atomic mass is 16.3. The number of hydrogen-bond acceptors (Lipinski definition) is 4. The van der Waals surface area contributed by atoms with Gasteiger partial charge in [0.15, 0.2) is 0 Å². The third kappa shape index (κ3) is 3.63. The second-order valence-corrected chi connectivity index (χ2v) is 7.20. The highest BCUT2D eigenvalue weighted by molar-refractivity contribution is 5.83. The third-order valence-electron chi connectivity index (χ3n) is 5.40. The zero-order valence-electron chi connectivity index (χ0n) is 14.8. The molecule has 0 unspecified atom stereocenters. The SMILES string of the molecule is CN(C)[C@H](C(=O)N1CCN([C@@H]2CCC[C@H]2O)CC1)c1ccccc1. The molecule has 5 nitrogen and oxygen atoms in total. The van der Waals surface area contributed by atoms with E-state index < -0.39 is 0 Å². The molecule has 5 heteroatoms. The Bertz CT molecular complexity index is 541. The number of benzene rings is 1. The summed E-state index contributed by atoms with van der Waals surface area (Å²) >= 11 is 0. The number of carbonyl (C=O) groups excluding carboxylic acids is 1. The third-order valence-corrected chi connectivity index (χ3v) is 5.40. The molecule has 1 N–H and O–H groups in total. The lowest BCUT2D eigenvalue weighted by Gasteiger charge is -2.40. The minimum absolute atomic E-state index is 0.179. The first-order valence-corrected chi connectivity index (χ1v) is 9.00. The number of piperazine rings is 1. The highest BCUT2D eigenvalue weighted by Crippen LogP contribution is 2.26. The summed E-state index contributed by atoms with van der Waals surface area (Å²) in [4.78, 5) is 19.4. The number of hydrogen-bond donors (Lipinski definition) is 1. The maximum Gasteiger partial charge on any atom is 0.244 e. The van der Waals surface area contributed by atoms with E-state index in [1.165, 1.54) is 0 Å². The van der Waals surface area contributed by atoms with Gasteiger partial charge in [-0.25, -0.2) is 0 Å². The fourth-order valence-electron chi connectivity index (χ4n) is 4.09. The molecule has 1 aromatic carbocycles. The van der Waals surface area contributed by atoms with Gasteiger partial charge in [-0.2, -0.15) is 0 Å². The van der Waals surface area contributed by atoms with Crippen molar-refractivity contribution in [3.8, 4) is 0 Å². The maximum absolute atomic E-state index is 13.0. The van der Waals surface area contributed by atoms with Crippen molar-refractivity contribution in [3.05, 3.63) is 35.9 Å². The van der Waals surface area contributed by atoms with Crippen LogP contribution in [-0.2, 0) is 4.79 Å². The molecule has 1 aliphatic heterocycles. The van der Waals surface area contributed by atoms with E-state index in [4.69, 9.17) is 0 Å². The number of carbonyl (C=O) groups is 1. The first kappa shape index (κ1) is 17.4. The van der Waals surface area contributed by atoms with E-state index in [1.54, 1.807) is 0 Å². The lowest BCUT2D eigenvalue weighted by molar-refractivity contribution is -0.138. The number of rotatable bonds is 4. The summed E-state index contributed by atoms with van der Waals surface area (Å²) in [6.07, 6.45) is 2.92. The van der Waals surface area contributed by atoms with Gasteiger partial charge in [0.1, 0.15) is 6.04 Å². The Morgan fingerprint density at radius 3 is 2.33 bits per heavy atom. The van der Waals surface area contributed by atoms with Gasteiger partial charge in [0.05, 0.1) is 6.10 Å². The molecule has 2 aliphatic rings. The molecule has 24 heavy (non-hydrogen) atoms. The summed E-state index contributed by atoms with van der Waals surface area (Å²) in [5.41, 5.74) is 1.04. The van der Waals surface area contributed by atoms with Crippen molar-refractivity contribution in [3.63, 3.8) is 0 Å². The van der Waals surface area contributed by atoms with Crippen LogP contribution in [-0.4, -0.2) is 78.1 Å². The number of aliphatic hydroxyl groups excluding tert-OH is 1. The average molecular weight is 331 g/mol. The molecule has 1 saturated heterocycles. The minimum atomic E-state index is -0.227. The van der Waals surface area contributed by atoms with E-state index in [2.05, 4.69) is 4.90 Å². The van der Waals surface area contributed by atoms with Crippen LogP contribution in [0.1, 0.15) is 30.9 Å². The Labute approximate surface area is 144 Å². The van der Waals surface area contributed by atoms with Crippen molar-refractivity contribution in [2.24, 2.45) is 0 Å². The Morgan fingerprint density at radius 2 is 1.79 bits per heavy atom. The summed E-state index contributed by atoms with van der Waals surface area (Å²) in [5, 5.41) is 10.1. The van der Waals surface area contributed by atoms with Crippen LogP contribution >= 0.6 is 0 Å². The van der Waals surface area contributed by atoms with Crippen molar-refractivity contribution in [2.45, 2.75) is 37.5 Å². The monoisotopic (exact) mass is 331 g/mol. The topological polar surface area (TPSA) is 47.0 Å². The van der Waals surface area contributed by atoms with E-state index in [-0.39, 0.29) is 18.1 Å². The fourth-order valence-corrected chi connectivity index (χ4v) is 4.09. The predicted molar refractivity (Wildman–Crippen MR) is 94.7 cm³/mol. The summed E-state index contributed by atoms with van der Waals surface area (Å²) in [7, 11) is 3.92. The second-order valence-electron chi connectivity index (χ2n) is 7.20. The van der Waals surface area contributed by atoms with Gasteiger partial charge in [0.2, 0.25) is 5.91 Å². The van der Waals surface area contributed by atoms with Crippen LogP contribution in [0, 0.1) is 0 Å². The summed E-state index contributed by atoms with van der Waals surface area (Å²) in [6.45, 7) is 3.23. The normalized spacial score (nSPS) is 26.8. The lowest BCUT2D eigenvalue weighted by atomic mass is 10.0. The smallest absolute Gasteiger partial charge is 0.244 e. The van der Waals surface area contributed by atoms with Crippen LogP contribution in [0.4, 0.5) is 0 Å². The number of aliphatic hydroxyl groups is 1. The molecular formula is C19H29N3O2. The van der Waals surface area contributed by atoms with Crippen molar-refractivity contribution in [2.75, 3.05) is 40.3 Å². The van der Waals surface area contributed by atoms with Crippen LogP contribution in [0.25, 0.3) is 0 Å². The van der Waals surface area contributed by atoms with E-state index in [9.17, 15) is 9.90 Å². The molecule has 0 bridgehead atoms. The van der Waals surface area contributed by atoms with Crippen LogP contribution < -0.4 is 0 Å².